The second kappa shape index (κ2) is 4.40. The molecule has 1 fully saturated rings. The first-order valence-corrected chi connectivity index (χ1v) is 6.85. The Hall–Kier alpha value is -2.24. The highest BCUT2D eigenvalue weighted by Crippen LogP contribution is 2.40. The molecular formula is C14H14N4O2. The highest BCUT2D eigenvalue weighted by molar-refractivity contribution is 5.92. The van der Waals surface area contributed by atoms with Gasteiger partial charge < -0.3 is 9.42 Å². The van der Waals surface area contributed by atoms with E-state index in [9.17, 15) is 4.79 Å². The number of amides is 1. The van der Waals surface area contributed by atoms with E-state index < -0.39 is 0 Å². The fourth-order valence-corrected chi connectivity index (χ4v) is 2.55. The largest absolute Gasteiger partial charge is 0.360 e. The molecule has 1 aliphatic heterocycles. The predicted molar refractivity (Wildman–Crippen MR) is 69.0 cm³/mol. The molecule has 102 valence electrons. The molecule has 0 atom stereocenters. The molecule has 0 radical (unpaired) electrons. The van der Waals surface area contributed by atoms with E-state index in [1.165, 1.54) is 0 Å². The third-order valence-electron chi connectivity index (χ3n) is 3.88. The molecule has 0 spiro atoms. The highest BCUT2D eigenvalue weighted by Gasteiger charge is 2.30. The third-order valence-corrected chi connectivity index (χ3v) is 3.88. The van der Waals surface area contributed by atoms with Crippen LogP contribution < -0.4 is 0 Å². The topological polar surface area (TPSA) is 72.1 Å². The van der Waals surface area contributed by atoms with Crippen LogP contribution in [0.3, 0.4) is 0 Å². The van der Waals surface area contributed by atoms with Gasteiger partial charge in [0.05, 0.1) is 5.69 Å². The SMILES string of the molecule is O=C(c1cc(C2CC2)on1)N1CCc2ncncc2C1. The number of carbonyl (C=O) groups excluding carboxylic acids is 1. The number of rotatable bonds is 2. The van der Waals surface area contributed by atoms with Crippen molar-refractivity contribution in [3.05, 3.63) is 41.3 Å². The zero-order valence-electron chi connectivity index (χ0n) is 11.0. The van der Waals surface area contributed by atoms with Crippen LogP contribution in [0, 0.1) is 0 Å². The van der Waals surface area contributed by atoms with Crippen LogP contribution in [0.2, 0.25) is 0 Å². The summed E-state index contributed by atoms with van der Waals surface area (Å²) in [5.74, 6) is 1.24. The van der Waals surface area contributed by atoms with E-state index in [1.807, 2.05) is 0 Å². The Morgan fingerprint density at radius 1 is 1.40 bits per heavy atom. The van der Waals surface area contributed by atoms with Gasteiger partial charge in [-0.1, -0.05) is 5.16 Å². The smallest absolute Gasteiger partial charge is 0.276 e. The van der Waals surface area contributed by atoms with Gasteiger partial charge >= 0.3 is 0 Å². The Kier molecular flexibility index (Phi) is 2.55. The first kappa shape index (κ1) is 11.6. The molecule has 0 N–H and O–H groups in total. The van der Waals surface area contributed by atoms with Gasteiger partial charge in [0.1, 0.15) is 12.1 Å². The minimum absolute atomic E-state index is 0.0739. The van der Waals surface area contributed by atoms with Crippen molar-refractivity contribution in [3.63, 3.8) is 0 Å². The number of nitrogens with zero attached hydrogens (tertiary/aromatic N) is 4. The first-order valence-electron chi connectivity index (χ1n) is 6.85. The maximum atomic E-state index is 12.4. The number of aromatic nitrogens is 3. The number of hydrogen-bond acceptors (Lipinski definition) is 5. The van der Waals surface area contributed by atoms with E-state index in [1.54, 1.807) is 23.5 Å². The lowest BCUT2D eigenvalue weighted by molar-refractivity contribution is 0.0722. The fraction of sp³-hybridized carbons (Fsp3) is 0.429. The summed E-state index contributed by atoms with van der Waals surface area (Å²) < 4.78 is 5.25. The molecule has 6 heteroatoms. The molecule has 2 aromatic rings. The van der Waals surface area contributed by atoms with E-state index in [-0.39, 0.29) is 5.91 Å². The summed E-state index contributed by atoms with van der Waals surface area (Å²) in [4.78, 5) is 22.5. The summed E-state index contributed by atoms with van der Waals surface area (Å²) >= 11 is 0. The lowest BCUT2D eigenvalue weighted by atomic mass is 10.1. The van der Waals surface area contributed by atoms with Crippen molar-refractivity contribution in [1.82, 2.24) is 20.0 Å². The molecule has 0 bridgehead atoms. The van der Waals surface area contributed by atoms with Gasteiger partial charge in [-0.2, -0.15) is 0 Å². The molecule has 1 amide bonds. The van der Waals surface area contributed by atoms with Gasteiger partial charge in [0.15, 0.2) is 5.69 Å². The van der Waals surface area contributed by atoms with Gasteiger partial charge in [0, 0.05) is 43.3 Å². The van der Waals surface area contributed by atoms with Crippen LogP contribution in [0.15, 0.2) is 23.1 Å². The maximum Gasteiger partial charge on any atom is 0.276 e. The molecular weight excluding hydrogens is 256 g/mol. The van der Waals surface area contributed by atoms with Crippen LogP contribution in [-0.2, 0) is 13.0 Å². The van der Waals surface area contributed by atoms with Gasteiger partial charge in [-0.25, -0.2) is 9.97 Å². The highest BCUT2D eigenvalue weighted by atomic mass is 16.5. The Morgan fingerprint density at radius 3 is 3.15 bits per heavy atom. The Morgan fingerprint density at radius 2 is 2.30 bits per heavy atom. The average molecular weight is 270 g/mol. The van der Waals surface area contributed by atoms with Crippen LogP contribution in [0.5, 0.6) is 0 Å². The molecule has 0 unspecified atom stereocenters. The monoisotopic (exact) mass is 270 g/mol. The molecule has 1 saturated carbocycles. The lowest BCUT2D eigenvalue weighted by Gasteiger charge is -2.26. The van der Waals surface area contributed by atoms with E-state index >= 15 is 0 Å². The van der Waals surface area contributed by atoms with Gasteiger partial charge in [-0.05, 0) is 12.8 Å². The molecule has 1 aliphatic carbocycles. The van der Waals surface area contributed by atoms with Crippen LogP contribution in [0.25, 0.3) is 0 Å². The van der Waals surface area contributed by atoms with Crippen molar-refractivity contribution in [2.75, 3.05) is 6.54 Å². The maximum absolute atomic E-state index is 12.4. The standard InChI is InChI=1S/C14H14N4O2/c19-14(12-5-13(20-17-12)9-1-2-9)18-4-3-11-10(7-18)6-15-8-16-11/h5-6,8-9H,1-4,7H2. The molecule has 6 nitrogen and oxygen atoms in total. The molecule has 4 rings (SSSR count). The van der Waals surface area contributed by atoms with Crippen molar-refractivity contribution in [1.29, 1.82) is 0 Å². The minimum Gasteiger partial charge on any atom is -0.360 e. The predicted octanol–water partition coefficient (Wildman–Crippen LogP) is 1.54. The van der Waals surface area contributed by atoms with E-state index in [2.05, 4.69) is 15.1 Å². The summed E-state index contributed by atoms with van der Waals surface area (Å²) in [6, 6.07) is 1.79. The van der Waals surface area contributed by atoms with Crippen LogP contribution in [0.1, 0.15) is 46.3 Å². The third kappa shape index (κ3) is 1.97. The summed E-state index contributed by atoms with van der Waals surface area (Å²) in [6.07, 6.45) is 6.36. The van der Waals surface area contributed by atoms with Crippen molar-refractivity contribution in [3.8, 4) is 0 Å². The Bertz CT molecular complexity index is 663. The number of hydrogen-bond donors (Lipinski definition) is 0. The zero-order chi connectivity index (χ0) is 13.5. The van der Waals surface area contributed by atoms with Crippen LogP contribution in [-0.4, -0.2) is 32.5 Å². The molecule has 3 heterocycles. The van der Waals surface area contributed by atoms with Crippen LogP contribution >= 0.6 is 0 Å². The average Bonchev–Trinajstić information content (AvgIpc) is 3.23. The summed E-state index contributed by atoms with van der Waals surface area (Å²) in [5, 5.41) is 3.91. The van der Waals surface area contributed by atoms with E-state index in [0.717, 1.165) is 36.3 Å². The minimum atomic E-state index is -0.0739. The molecule has 20 heavy (non-hydrogen) atoms. The van der Waals surface area contributed by atoms with Gasteiger partial charge in [-0.3, -0.25) is 4.79 Å². The quantitative estimate of drug-likeness (QED) is 0.827. The first-order chi connectivity index (χ1) is 9.81. The van der Waals surface area contributed by atoms with Gasteiger partial charge in [0.2, 0.25) is 0 Å². The van der Waals surface area contributed by atoms with Crippen molar-refractivity contribution in [2.45, 2.75) is 31.7 Å². The lowest BCUT2D eigenvalue weighted by Crippen LogP contribution is -2.36. The zero-order valence-corrected chi connectivity index (χ0v) is 11.0. The summed E-state index contributed by atoms with van der Waals surface area (Å²) in [5.41, 5.74) is 2.45. The summed E-state index contributed by atoms with van der Waals surface area (Å²) in [7, 11) is 0. The van der Waals surface area contributed by atoms with Crippen molar-refractivity contribution < 1.29 is 9.32 Å². The molecule has 0 saturated heterocycles. The van der Waals surface area contributed by atoms with Crippen LogP contribution in [0.4, 0.5) is 0 Å². The second-order valence-corrected chi connectivity index (χ2v) is 5.36. The number of carbonyl (C=O) groups is 1. The van der Waals surface area contributed by atoms with Crippen molar-refractivity contribution in [2.24, 2.45) is 0 Å². The Balaban J connectivity index is 1.54. The number of fused-ring (bicyclic) bond motifs is 1. The molecule has 2 aromatic heterocycles. The van der Waals surface area contributed by atoms with Crippen molar-refractivity contribution >= 4 is 5.91 Å². The van der Waals surface area contributed by atoms with E-state index in [4.69, 9.17) is 4.52 Å². The van der Waals surface area contributed by atoms with Gasteiger partial charge in [0.25, 0.3) is 5.91 Å². The van der Waals surface area contributed by atoms with Gasteiger partial charge in [-0.15, -0.1) is 0 Å². The fourth-order valence-electron chi connectivity index (χ4n) is 2.55. The molecule has 0 aromatic carbocycles. The summed E-state index contributed by atoms with van der Waals surface area (Å²) in [6.45, 7) is 1.20. The molecule has 2 aliphatic rings. The van der Waals surface area contributed by atoms with E-state index in [0.29, 0.717) is 24.7 Å². The normalized spacial score (nSPS) is 17.9. The Labute approximate surface area is 115 Å². The second-order valence-electron chi connectivity index (χ2n) is 5.36.